The van der Waals surface area contributed by atoms with Crippen molar-refractivity contribution in [2.24, 2.45) is 0 Å². The fourth-order valence-electron chi connectivity index (χ4n) is 2.54. The molecule has 0 saturated heterocycles. The van der Waals surface area contributed by atoms with Crippen molar-refractivity contribution in [1.82, 2.24) is 4.90 Å². The van der Waals surface area contributed by atoms with Gasteiger partial charge in [-0.25, -0.2) is 4.39 Å². The Balaban J connectivity index is 0.00000208. The molecule has 0 saturated carbocycles. The molecule has 3 rings (SSSR count). The number of rotatable bonds is 5. The van der Waals surface area contributed by atoms with E-state index in [1.54, 1.807) is 6.07 Å². The first kappa shape index (κ1) is 18.3. The van der Waals surface area contributed by atoms with Crippen LogP contribution in [0.3, 0.4) is 0 Å². The standard InChI is InChI=1S/C19H20FNO2.ClH/c1-21(9-3-5-15-4-2-6-17(20)12-15)14-16-7-8-18-19(13-16)23-11-10-22-18;/h2-8,12-13H,9-11,14H2,1H3;1H/b5-3+;. The van der Waals surface area contributed by atoms with E-state index in [2.05, 4.69) is 11.0 Å². The first-order valence-electron chi connectivity index (χ1n) is 7.70. The second-order valence-electron chi connectivity index (χ2n) is 5.63. The summed E-state index contributed by atoms with van der Waals surface area (Å²) in [5.74, 6) is 1.42. The summed E-state index contributed by atoms with van der Waals surface area (Å²) in [5.41, 5.74) is 2.05. The van der Waals surface area contributed by atoms with Crippen LogP contribution in [0.15, 0.2) is 48.5 Å². The van der Waals surface area contributed by atoms with Gasteiger partial charge in [-0.1, -0.05) is 30.4 Å². The van der Waals surface area contributed by atoms with Crippen LogP contribution in [0.2, 0.25) is 0 Å². The van der Waals surface area contributed by atoms with Crippen LogP contribution in [-0.4, -0.2) is 31.7 Å². The SMILES string of the molecule is CN(C/C=C/c1cccc(F)c1)Cc1ccc2c(c1)OCCO2.Cl. The van der Waals surface area contributed by atoms with Gasteiger partial charge in [-0.15, -0.1) is 12.4 Å². The zero-order chi connectivity index (χ0) is 16.1. The van der Waals surface area contributed by atoms with Crippen LogP contribution < -0.4 is 9.47 Å². The number of hydrogen-bond acceptors (Lipinski definition) is 3. The molecule has 0 bridgehead atoms. The number of benzene rings is 2. The first-order chi connectivity index (χ1) is 11.2. The summed E-state index contributed by atoms with van der Waals surface area (Å²) < 4.78 is 24.2. The number of likely N-dealkylation sites (N-methyl/N-ethyl adjacent to an activating group) is 1. The molecule has 1 heterocycles. The fourth-order valence-corrected chi connectivity index (χ4v) is 2.54. The minimum absolute atomic E-state index is 0. The van der Waals surface area contributed by atoms with Gasteiger partial charge in [0, 0.05) is 13.1 Å². The topological polar surface area (TPSA) is 21.7 Å². The van der Waals surface area contributed by atoms with Gasteiger partial charge in [0.2, 0.25) is 0 Å². The Morgan fingerprint density at radius 3 is 2.67 bits per heavy atom. The molecule has 0 aliphatic carbocycles. The van der Waals surface area contributed by atoms with Crippen LogP contribution in [0.4, 0.5) is 4.39 Å². The second-order valence-corrected chi connectivity index (χ2v) is 5.63. The van der Waals surface area contributed by atoms with Gasteiger partial charge in [0.1, 0.15) is 19.0 Å². The van der Waals surface area contributed by atoms with Crippen molar-refractivity contribution in [2.75, 3.05) is 26.8 Å². The predicted molar refractivity (Wildman–Crippen MR) is 96.4 cm³/mol. The van der Waals surface area contributed by atoms with E-state index in [1.165, 1.54) is 17.7 Å². The van der Waals surface area contributed by atoms with E-state index in [4.69, 9.17) is 9.47 Å². The maximum atomic E-state index is 13.1. The van der Waals surface area contributed by atoms with E-state index >= 15 is 0 Å². The molecule has 0 unspecified atom stereocenters. The van der Waals surface area contributed by atoms with Gasteiger partial charge in [0.25, 0.3) is 0 Å². The minimum Gasteiger partial charge on any atom is -0.486 e. The van der Waals surface area contributed by atoms with Crippen LogP contribution in [0.5, 0.6) is 11.5 Å². The van der Waals surface area contributed by atoms with E-state index < -0.39 is 0 Å². The van der Waals surface area contributed by atoms with E-state index in [0.717, 1.165) is 30.2 Å². The molecular weight excluding hydrogens is 329 g/mol. The van der Waals surface area contributed by atoms with Crippen LogP contribution in [-0.2, 0) is 6.54 Å². The van der Waals surface area contributed by atoms with Crippen LogP contribution in [0.25, 0.3) is 6.08 Å². The van der Waals surface area contributed by atoms with Gasteiger partial charge in [-0.05, 0) is 42.4 Å². The van der Waals surface area contributed by atoms with Gasteiger partial charge < -0.3 is 9.47 Å². The molecule has 1 aliphatic rings. The molecule has 128 valence electrons. The molecule has 0 spiro atoms. The Morgan fingerprint density at radius 2 is 1.88 bits per heavy atom. The van der Waals surface area contributed by atoms with Crippen molar-refractivity contribution in [2.45, 2.75) is 6.54 Å². The van der Waals surface area contributed by atoms with Crippen molar-refractivity contribution >= 4 is 18.5 Å². The molecule has 0 fully saturated rings. The normalized spacial score (nSPS) is 13.1. The Morgan fingerprint density at radius 1 is 1.08 bits per heavy atom. The third-order valence-corrected chi connectivity index (χ3v) is 3.64. The molecule has 0 amide bonds. The summed E-state index contributed by atoms with van der Waals surface area (Å²) >= 11 is 0. The van der Waals surface area contributed by atoms with Gasteiger partial charge in [0.15, 0.2) is 11.5 Å². The lowest BCUT2D eigenvalue weighted by atomic mass is 10.1. The summed E-state index contributed by atoms with van der Waals surface area (Å²) in [6.45, 7) is 2.80. The first-order valence-corrected chi connectivity index (χ1v) is 7.70. The van der Waals surface area contributed by atoms with Crippen molar-refractivity contribution in [3.63, 3.8) is 0 Å². The van der Waals surface area contributed by atoms with E-state index in [0.29, 0.717) is 13.2 Å². The highest BCUT2D eigenvalue weighted by molar-refractivity contribution is 5.85. The van der Waals surface area contributed by atoms with Gasteiger partial charge in [0.05, 0.1) is 0 Å². The lowest BCUT2D eigenvalue weighted by molar-refractivity contribution is 0.171. The van der Waals surface area contributed by atoms with E-state index in [9.17, 15) is 4.39 Å². The summed E-state index contributed by atoms with van der Waals surface area (Å²) in [6, 6.07) is 12.6. The third-order valence-electron chi connectivity index (χ3n) is 3.64. The molecule has 0 aromatic heterocycles. The molecule has 1 aliphatic heterocycles. The Kier molecular flexibility index (Phi) is 6.64. The fraction of sp³-hybridized carbons (Fsp3) is 0.263. The maximum absolute atomic E-state index is 13.1. The Hall–Kier alpha value is -2.04. The molecule has 0 atom stereocenters. The summed E-state index contributed by atoms with van der Waals surface area (Å²) in [4.78, 5) is 2.18. The number of hydrogen-bond donors (Lipinski definition) is 0. The highest BCUT2D eigenvalue weighted by Crippen LogP contribution is 2.30. The van der Waals surface area contributed by atoms with Crippen LogP contribution in [0, 0.1) is 5.82 Å². The Bertz CT molecular complexity index is 706. The molecular formula is C19H21ClFNO2. The van der Waals surface area contributed by atoms with E-state index in [-0.39, 0.29) is 18.2 Å². The highest BCUT2D eigenvalue weighted by Gasteiger charge is 2.12. The van der Waals surface area contributed by atoms with Crippen molar-refractivity contribution in [3.05, 3.63) is 65.5 Å². The van der Waals surface area contributed by atoms with Gasteiger partial charge in [-0.3, -0.25) is 4.90 Å². The molecule has 2 aromatic rings. The third kappa shape index (κ3) is 4.98. The minimum atomic E-state index is -0.211. The van der Waals surface area contributed by atoms with Gasteiger partial charge in [-0.2, -0.15) is 0 Å². The maximum Gasteiger partial charge on any atom is 0.161 e. The monoisotopic (exact) mass is 349 g/mol. The zero-order valence-corrected chi connectivity index (χ0v) is 14.4. The largest absolute Gasteiger partial charge is 0.486 e. The average Bonchev–Trinajstić information content (AvgIpc) is 2.55. The summed E-state index contributed by atoms with van der Waals surface area (Å²) in [5, 5.41) is 0. The predicted octanol–water partition coefficient (Wildman–Crippen LogP) is 4.16. The lowest BCUT2D eigenvalue weighted by Crippen LogP contribution is -2.19. The molecule has 0 radical (unpaired) electrons. The van der Waals surface area contributed by atoms with Crippen LogP contribution in [0.1, 0.15) is 11.1 Å². The molecule has 3 nitrogen and oxygen atoms in total. The van der Waals surface area contributed by atoms with Crippen molar-refractivity contribution in [1.29, 1.82) is 0 Å². The van der Waals surface area contributed by atoms with Gasteiger partial charge >= 0.3 is 0 Å². The number of ether oxygens (including phenoxy) is 2. The molecule has 5 heteroatoms. The highest BCUT2D eigenvalue weighted by atomic mass is 35.5. The van der Waals surface area contributed by atoms with E-state index in [1.807, 2.05) is 37.4 Å². The molecule has 2 aromatic carbocycles. The van der Waals surface area contributed by atoms with Crippen molar-refractivity contribution in [3.8, 4) is 11.5 Å². The smallest absolute Gasteiger partial charge is 0.161 e. The lowest BCUT2D eigenvalue weighted by Gasteiger charge is -2.20. The Labute approximate surface area is 148 Å². The van der Waals surface area contributed by atoms with Crippen LogP contribution >= 0.6 is 12.4 Å². The second kappa shape index (κ2) is 8.71. The number of nitrogens with zero attached hydrogens (tertiary/aromatic N) is 1. The summed E-state index contributed by atoms with van der Waals surface area (Å²) in [7, 11) is 2.05. The molecule has 0 N–H and O–H groups in total. The molecule has 24 heavy (non-hydrogen) atoms. The zero-order valence-electron chi connectivity index (χ0n) is 13.6. The number of halogens is 2. The average molecular weight is 350 g/mol. The van der Waals surface area contributed by atoms with Crippen molar-refractivity contribution < 1.29 is 13.9 Å². The number of fused-ring (bicyclic) bond motifs is 1. The summed E-state index contributed by atoms with van der Waals surface area (Å²) in [6.07, 6.45) is 3.97. The quantitative estimate of drug-likeness (QED) is 0.809.